The average molecular weight is 266 g/mol. The van der Waals surface area contributed by atoms with E-state index < -0.39 is 0 Å². The smallest absolute Gasteiger partial charge is 0.274 e. The third kappa shape index (κ3) is 3.54. The lowest BCUT2D eigenvalue weighted by atomic mass is 10.3. The third-order valence-corrected chi connectivity index (χ3v) is 3.41. The number of aromatic nitrogens is 2. The molecule has 1 aliphatic heterocycles. The summed E-state index contributed by atoms with van der Waals surface area (Å²) in [6, 6.07) is 0. The van der Waals surface area contributed by atoms with Gasteiger partial charge in [-0.25, -0.2) is 4.98 Å². The first-order chi connectivity index (χ1) is 9.08. The lowest BCUT2D eigenvalue weighted by Crippen LogP contribution is -2.42. The molecule has 1 aromatic heterocycles. The Balaban J connectivity index is 1.86. The average Bonchev–Trinajstić information content (AvgIpc) is 2.75. The van der Waals surface area contributed by atoms with E-state index in [1.807, 2.05) is 20.9 Å². The zero-order valence-corrected chi connectivity index (χ0v) is 11.9. The molecular weight excluding hydrogens is 244 g/mol. The van der Waals surface area contributed by atoms with E-state index in [1.54, 1.807) is 4.90 Å². The maximum atomic E-state index is 12.3. The van der Waals surface area contributed by atoms with Crippen molar-refractivity contribution >= 4 is 5.91 Å². The summed E-state index contributed by atoms with van der Waals surface area (Å²) < 4.78 is 5.31. The standard InChI is InChI=1S/C13H22N4O2/c1-10-12(15-11(2)14-10)13(18)16(3)4-5-17-6-8-19-9-7-17/h4-9H2,1-3H3,(H,14,15). The highest BCUT2D eigenvalue weighted by Crippen LogP contribution is 2.07. The summed E-state index contributed by atoms with van der Waals surface area (Å²) in [7, 11) is 1.83. The topological polar surface area (TPSA) is 61.5 Å². The number of aromatic amines is 1. The molecule has 2 heterocycles. The van der Waals surface area contributed by atoms with Gasteiger partial charge in [0.25, 0.3) is 5.91 Å². The summed E-state index contributed by atoms with van der Waals surface area (Å²) in [6.45, 7) is 8.80. The molecule has 0 radical (unpaired) electrons. The maximum Gasteiger partial charge on any atom is 0.274 e. The predicted octanol–water partition coefficient (Wildman–Crippen LogP) is 0.431. The molecule has 0 bridgehead atoms. The van der Waals surface area contributed by atoms with Crippen LogP contribution >= 0.6 is 0 Å². The van der Waals surface area contributed by atoms with Crippen LogP contribution in [0.2, 0.25) is 0 Å². The molecule has 1 fully saturated rings. The number of likely N-dealkylation sites (N-methyl/N-ethyl adjacent to an activating group) is 1. The van der Waals surface area contributed by atoms with E-state index in [2.05, 4.69) is 14.9 Å². The first-order valence-corrected chi connectivity index (χ1v) is 6.66. The molecule has 6 nitrogen and oxygen atoms in total. The Morgan fingerprint density at radius 2 is 2.11 bits per heavy atom. The van der Waals surface area contributed by atoms with Crippen LogP contribution in [0.15, 0.2) is 0 Å². The minimum absolute atomic E-state index is 0.0184. The molecule has 1 amide bonds. The fraction of sp³-hybridized carbons (Fsp3) is 0.692. The number of imidazole rings is 1. The van der Waals surface area contributed by atoms with E-state index in [4.69, 9.17) is 4.74 Å². The quantitative estimate of drug-likeness (QED) is 0.858. The fourth-order valence-corrected chi connectivity index (χ4v) is 2.22. The highest BCUT2D eigenvalue weighted by atomic mass is 16.5. The first kappa shape index (κ1) is 14.0. The van der Waals surface area contributed by atoms with Gasteiger partial charge in [-0.1, -0.05) is 0 Å². The zero-order valence-electron chi connectivity index (χ0n) is 11.9. The van der Waals surface area contributed by atoms with Crippen molar-refractivity contribution in [1.29, 1.82) is 0 Å². The summed E-state index contributed by atoms with van der Waals surface area (Å²) in [6.07, 6.45) is 0. The molecular formula is C13H22N4O2. The normalized spacial score (nSPS) is 16.6. The van der Waals surface area contributed by atoms with E-state index in [1.165, 1.54) is 0 Å². The van der Waals surface area contributed by atoms with Gasteiger partial charge in [0.1, 0.15) is 11.5 Å². The third-order valence-electron chi connectivity index (χ3n) is 3.41. The fourth-order valence-electron chi connectivity index (χ4n) is 2.22. The molecule has 0 aliphatic carbocycles. The number of carbonyl (C=O) groups is 1. The zero-order chi connectivity index (χ0) is 13.8. The van der Waals surface area contributed by atoms with Gasteiger partial charge in [0.15, 0.2) is 0 Å². The van der Waals surface area contributed by atoms with Crippen LogP contribution in [0.5, 0.6) is 0 Å². The van der Waals surface area contributed by atoms with Crippen LogP contribution in [-0.2, 0) is 4.74 Å². The van der Waals surface area contributed by atoms with Gasteiger partial charge in [-0.15, -0.1) is 0 Å². The Bertz CT molecular complexity index is 438. The van der Waals surface area contributed by atoms with E-state index >= 15 is 0 Å². The molecule has 0 unspecified atom stereocenters. The van der Waals surface area contributed by atoms with E-state index in [-0.39, 0.29) is 5.91 Å². The Morgan fingerprint density at radius 1 is 1.42 bits per heavy atom. The van der Waals surface area contributed by atoms with Crippen molar-refractivity contribution in [3.05, 3.63) is 17.2 Å². The molecule has 6 heteroatoms. The number of rotatable bonds is 4. The van der Waals surface area contributed by atoms with Crippen molar-refractivity contribution in [1.82, 2.24) is 19.8 Å². The van der Waals surface area contributed by atoms with E-state index in [9.17, 15) is 4.79 Å². The first-order valence-electron chi connectivity index (χ1n) is 6.66. The van der Waals surface area contributed by atoms with Gasteiger partial charge < -0.3 is 14.6 Å². The molecule has 1 aliphatic rings. The second-order valence-electron chi connectivity index (χ2n) is 4.98. The molecule has 106 valence electrons. The maximum absolute atomic E-state index is 12.3. The van der Waals surface area contributed by atoms with Gasteiger partial charge in [0.05, 0.1) is 13.2 Å². The van der Waals surface area contributed by atoms with Gasteiger partial charge >= 0.3 is 0 Å². The van der Waals surface area contributed by atoms with Gasteiger partial charge in [0, 0.05) is 38.9 Å². The van der Waals surface area contributed by atoms with Crippen molar-refractivity contribution < 1.29 is 9.53 Å². The summed E-state index contributed by atoms with van der Waals surface area (Å²) in [4.78, 5) is 23.6. The second kappa shape index (κ2) is 6.16. The van der Waals surface area contributed by atoms with E-state index in [0.29, 0.717) is 12.2 Å². The summed E-state index contributed by atoms with van der Waals surface area (Å²) >= 11 is 0. The van der Waals surface area contributed by atoms with Gasteiger partial charge in [0.2, 0.25) is 0 Å². The number of amides is 1. The monoisotopic (exact) mass is 266 g/mol. The molecule has 1 aromatic rings. The number of morpholine rings is 1. The number of ether oxygens (including phenoxy) is 1. The second-order valence-corrected chi connectivity index (χ2v) is 4.98. The van der Waals surface area contributed by atoms with Gasteiger partial charge in [-0.3, -0.25) is 9.69 Å². The molecule has 0 saturated carbocycles. The summed E-state index contributed by atoms with van der Waals surface area (Å²) in [5.74, 6) is 0.762. The highest BCUT2D eigenvalue weighted by molar-refractivity contribution is 5.93. The van der Waals surface area contributed by atoms with Crippen molar-refractivity contribution in [2.45, 2.75) is 13.8 Å². The number of nitrogens with zero attached hydrogens (tertiary/aromatic N) is 3. The molecule has 2 rings (SSSR count). The van der Waals surface area contributed by atoms with Crippen LogP contribution < -0.4 is 0 Å². The number of carbonyl (C=O) groups excluding carboxylic acids is 1. The van der Waals surface area contributed by atoms with Crippen LogP contribution in [0, 0.1) is 13.8 Å². The van der Waals surface area contributed by atoms with Crippen molar-refractivity contribution in [2.75, 3.05) is 46.4 Å². The van der Waals surface area contributed by atoms with Crippen molar-refractivity contribution in [3.63, 3.8) is 0 Å². The van der Waals surface area contributed by atoms with Crippen molar-refractivity contribution in [2.24, 2.45) is 0 Å². The van der Waals surface area contributed by atoms with E-state index in [0.717, 1.165) is 44.4 Å². The molecule has 0 aromatic carbocycles. The van der Waals surface area contributed by atoms with Gasteiger partial charge in [-0.05, 0) is 13.8 Å². The Kier molecular flexibility index (Phi) is 4.55. The van der Waals surface area contributed by atoms with Crippen LogP contribution in [0.4, 0.5) is 0 Å². The molecule has 1 saturated heterocycles. The Hall–Kier alpha value is -1.40. The number of nitrogens with one attached hydrogen (secondary N) is 1. The van der Waals surface area contributed by atoms with Crippen molar-refractivity contribution in [3.8, 4) is 0 Å². The molecule has 1 N–H and O–H groups in total. The molecule has 0 spiro atoms. The highest BCUT2D eigenvalue weighted by Gasteiger charge is 2.19. The largest absolute Gasteiger partial charge is 0.379 e. The van der Waals surface area contributed by atoms with Crippen LogP contribution in [-0.4, -0.2) is 72.1 Å². The minimum Gasteiger partial charge on any atom is -0.379 e. The number of hydrogen-bond acceptors (Lipinski definition) is 4. The number of hydrogen-bond donors (Lipinski definition) is 1. The van der Waals surface area contributed by atoms with Crippen LogP contribution in [0.1, 0.15) is 22.0 Å². The lowest BCUT2D eigenvalue weighted by molar-refractivity contribution is 0.0337. The summed E-state index contributed by atoms with van der Waals surface area (Å²) in [5, 5.41) is 0. The Labute approximate surface area is 113 Å². The van der Waals surface area contributed by atoms with Crippen LogP contribution in [0.25, 0.3) is 0 Å². The lowest BCUT2D eigenvalue weighted by Gasteiger charge is -2.28. The predicted molar refractivity (Wildman–Crippen MR) is 72.3 cm³/mol. The van der Waals surface area contributed by atoms with Crippen LogP contribution in [0.3, 0.4) is 0 Å². The molecule has 0 atom stereocenters. The number of H-pyrrole nitrogens is 1. The number of aryl methyl sites for hydroxylation is 2. The molecule has 19 heavy (non-hydrogen) atoms. The summed E-state index contributed by atoms with van der Waals surface area (Å²) in [5.41, 5.74) is 1.36. The SMILES string of the molecule is Cc1nc(C(=O)N(C)CCN2CCOCC2)c(C)[nH]1. The Morgan fingerprint density at radius 3 is 2.68 bits per heavy atom. The van der Waals surface area contributed by atoms with Gasteiger partial charge in [-0.2, -0.15) is 0 Å². The minimum atomic E-state index is -0.0184.